The first-order chi connectivity index (χ1) is 10.1. The number of halogens is 1. The molecule has 1 aromatic heterocycles. The minimum atomic E-state index is -0.294. The van der Waals surface area contributed by atoms with Crippen molar-refractivity contribution in [3.63, 3.8) is 0 Å². The summed E-state index contributed by atoms with van der Waals surface area (Å²) in [4.78, 5) is 6.55. The molecule has 0 saturated carbocycles. The lowest BCUT2D eigenvalue weighted by atomic mass is 9.90. The van der Waals surface area contributed by atoms with Crippen molar-refractivity contribution in [2.24, 2.45) is 11.1 Å². The van der Waals surface area contributed by atoms with Crippen molar-refractivity contribution >= 4 is 0 Å². The molecule has 3 rings (SSSR count). The van der Waals surface area contributed by atoms with Gasteiger partial charge >= 0.3 is 0 Å². The van der Waals surface area contributed by atoms with E-state index in [2.05, 4.69) is 16.8 Å². The van der Waals surface area contributed by atoms with Gasteiger partial charge in [0.1, 0.15) is 5.82 Å². The van der Waals surface area contributed by atoms with Gasteiger partial charge in [-0.15, -0.1) is 0 Å². The van der Waals surface area contributed by atoms with Gasteiger partial charge in [0.2, 0.25) is 5.89 Å². The van der Waals surface area contributed by atoms with Crippen molar-refractivity contribution in [1.82, 2.24) is 9.88 Å². The van der Waals surface area contributed by atoms with Crippen LogP contribution in [0, 0.1) is 11.2 Å². The first kappa shape index (κ1) is 14.2. The molecule has 0 bridgehead atoms. The molecule has 1 saturated heterocycles. The Labute approximate surface area is 123 Å². The molecule has 0 radical (unpaired) electrons. The maximum Gasteiger partial charge on any atom is 0.209 e. The summed E-state index contributed by atoms with van der Waals surface area (Å²) in [5.41, 5.74) is 6.44. The van der Waals surface area contributed by atoms with Crippen LogP contribution in [0.25, 0.3) is 11.3 Å². The summed E-state index contributed by atoms with van der Waals surface area (Å²) >= 11 is 0. The second-order valence-corrected chi connectivity index (χ2v) is 6.07. The predicted octanol–water partition coefficient (Wildman–Crippen LogP) is 2.65. The molecule has 1 fully saturated rings. The van der Waals surface area contributed by atoms with Crippen LogP contribution in [0.1, 0.15) is 19.2 Å². The number of likely N-dealkylation sites (tertiary alicyclic amines) is 1. The highest BCUT2D eigenvalue weighted by atomic mass is 19.1. The van der Waals surface area contributed by atoms with Gasteiger partial charge in [0.05, 0.1) is 18.3 Å². The average Bonchev–Trinajstić information content (AvgIpc) is 3.08. The van der Waals surface area contributed by atoms with E-state index in [1.807, 2.05) is 0 Å². The van der Waals surface area contributed by atoms with Crippen molar-refractivity contribution in [3.05, 3.63) is 42.2 Å². The number of hydrogen-bond donors (Lipinski definition) is 1. The minimum absolute atomic E-state index is 0.182. The number of rotatable bonds is 4. The Kier molecular flexibility index (Phi) is 3.78. The van der Waals surface area contributed by atoms with Gasteiger partial charge in [-0.25, -0.2) is 9.37 Å². The molecule has 21 heavy (non-hydrogen) atoms. The molecule has 1 aliphatic rings. The highest BCUT2D eigenvalue weighted by Gasteiger charge is 2.32. The second kappa shape index (κ2) is 5.58. The Morgan fingerprint density at radius 1 is 1.43 bits per heavy atom. The fourth-order valence-electron chi connectivity index (χ4n) is 2.79. The van der Waals surface area contributed by atoms with Crippen molar-refractivity contribution in [2.45, 2.75) is 19.9 Å². The van der Waals surface area contributed by atoms with Crippen LogP contribution in [0.3, 0.4) is 0 Å². The zero-order valence-corrected chi connectivity index (χ0v) is 12.2. The molecular formula is C16H20FN3O. The monoisotopic (exact) mass is 289 g/mol. The average molecular weight is 289 g/mol. The fourth-order valence-corrected chi connectivity index (χ4v) is 2.79. The summed E-state index contributed by atoms with van der Waals surface area (Å²) in [7, 11) is 0. The van der Waals surface area contributed by atoms with Gasteiger partial charge in [-0.3, -0.25) is 4.90 Å². The summed E-state index contributed by atoms with van der Waals surface area (Å²) in [6, 6.07) is 6.56. The lowest BCUT2D eigenvalue weighted by Gasteiger charge is -2.21. The maximum absolute atomic E-state index is 13.7. The minimum Gasteiger partial charge on any atom is -0.439 e. The van der Waals surface area contributed by atoms with Crippen molar-refractivity contribution < 1.29 is 8.81 Å². The Balaban J connectivity index is 1.71. The van der Waals surface area contributed by atoms with Gasteiger partial charge in [-0.1, -0.05) is 19.1 Å². The van der Waals surface area contributed by atoms with E-state index in [0.29, 0.717) is 30.3 Å². The molecule has 112 valence electrons. The predicted molar refractivity (Wildman–Crippen MR) is 79.0 cm³/mol. The zero-order valence-electron chi connectivity index (χ0n) is 12.2. The second-order valence-electron chi connectivity index (χ2n) is 6.07. The lowest BCUT2D eigenvalue weighted by Crippen LogP contribution is -2.31. The van der Waals surface area contributed by atoms with Crippen LogP contribution in [0.2, 0.25) is 0 Å². The quantitative estimate of drug-likeness (QED) is 0.940. The molecule has 4 nitrogen and oxygen atoms in total. The van der Waals surface area contributed by atoms with E-state index in [1.54, 1.807) is 24.4 Å². The molecular weight excluding hydrogens is 269 g/mol. The van der Waals surface area contributed by atoms with Gasteiger partial charge in [0, 0.05) is 6.54 Å². The molecule has 0 amide bonds. The third-order valence-corrected chi connectivity index (χ3v) is 4.18. The molecule has 1 unspecified atom stereocenters. The Hall–Kier alpha value is -1.72. The Bertz CT molecular complexity index is 627. The van der Waals surface area contributed by atoms with Gasteiger partial charge < -0.3 is 10.2 Å². The molecule has 5 heteroatoms. The highest BCUT2D eigenvalue weighted by Crippen LogP contribution is 2.30. The van der Waals surface area contributed by atoms with Gasteiger partial charge in [0.25, 0.3) is 0 Å². The summed E-state index contributed by atoms with van der Waals surface area (Å²) in [6.45, 7) is 5.47. The molecule has 2 aromatic rings. The molecule has 2 N–H and O–H groups in total. The molecule has 0 aliphatic carbocycles. The molecule has 2 heterocycles. The summed E-state index contributed by atoms with van der Waals surface area (Å²) in [5, 5.41) is 0. The smallest absolute Gasteiger partial charge is 0.209 e. The first-order valence-corrected chi connectivity index (χ1v) is 7.22. The topological polar surface area (TPSA) is 55.3 Å². The largest absolute Gasteiger partial charge is 0.439 e. The van der Waals surface area contributed by atoms with E-state index in [0.717, 1.165) is 19.5 Å². The standard InChI is InChI=1S/C16H20FN3O/c1-16(10-18)6-7-20(11-16)9-15-19-8-14(21-15)12-4-2-3-5-13(12)17/h2-5,8H,6-7,9-11,18H2,1H3. The number of oxazole rings is 1. The van der Waals surface area contributed by atoms with Gasteiger partial charge in [0.15, 0.2) is 5.76 Å². The third kappa shape index (κ3) is 2.99. The van der Waals surface area contributed by atoms with Crippen LogP contribution in [0.5, 0.6) is 0 Å². The van der Waals surface area contributed by atoms with Crippen LogP contribution in [0.4, 0.5) is 4.39 Å². The van der Waals surface area contributed by atoms with Gasteiger partial charge in [-0.2, -0.15) is 0 Å². The summed E-state index contributed by atoms with van der Waals surface area (Å²) in [6.07, 6.45) is 2.68. The third-order valence-electron chi connectivity index (χ3n) is 4.18. The van der Waals surface area contributed by atoms with Crippen LogP contribution in [-0.4, -0.2) is 29.5 Å². The molecule has 0 spiro atoms. The van der Waals surface area contributed by atoms with E-state index in [9.17, 15) is 4.39 Å². The number of benzene rings is 1. The number of nitrogens with zero attached hydrogens (tertiary/aromatic N) is 2. The maximum atomic E-state index is 13.7. The van der Waals surface area contributed by atoms with Crippen LogP contribution in [-0.2, 0) is 6.54 Å². The molecule has 1 aliphatic heterocycles. The summed E-state index contributed by atoms with van der Waals surface area (Å²) < 4.78 is 19.4. The number of nitrogens with two attached hydrogens (primary N) is 1. The Morgan fingerprint density at radius 3 is 2.95 bits per heavy atom. The number of aromatic nitrogens is 1. The van der Waals surface area contributed by atoms with Crippen LogP contribution >= 0.6 is 0 Å². The van der Waals surface area contributed by atoms with E-state index in [1.165, 1.54) is 6.07 Å². The van der Waals surface area contributed by atoms with Gasteiger partial charge in [-0.05, 0) is 37.1 Å². The lowest BCUT2D eigenvalue weighted by molar-refractivity contribution is 0.252. The number of hydrogen-bond acceptors (Lipinski definition) is 4. The molecule has 1 atom stereocenters. The van der Waals surface area contributed by atoms with Crippen molar-refractivity contribution in [2.75, 3.05) is 19.6 Å². The molecule has 1 aromatic carbocycles. The fraction of sp³-hybridized carbons (Fsp3) is 0.438. The van der Waals surface area contributed by atoms with Crippen molar-refractivity contribution in [1.29, 1.82) is 0 Å². The zero-order chi connectivity index (χ0) is 14.9. The highest BCUT2D eigenvalue weighted by molar-refractivity contribution is 5.56. The Morgan fingerprint density at radius 2 is 2.24 bits per heavy atom. The summed E-state index contributed by atoms with van der Waals surface area (Å²) in [5.74, 6) is 0.801. The van der Waals surface area contributed by atoms with Crippen LogP contribution in [0.15, 0.2) is 34.9 Å². The van der Waals surface area contributed by atoms with E-state index < -0.39 is 0 Å². The van der Waals surface area contributed by atoms with E-state index in [-0.39, 0.29) is 11.2 Å². The SMILES string of the molecule is CC1(CN)CCN(Cc2ncc(-c3ccccc3F)o2)C1. The van der Waals surface area contributed by atoms with Crippen LogP contribution < -0.4 is 5.73 Å². The normalized spacial score (nSPS) is 22.8. The van der Waals surface area contributed by atoms with E-state index in [4.69, 9.17) is 10.2 Å². The first-order valence-electron chi connectivity index (χ1n) is 7.22. The van der Waals surface area contributed by atoms with E-state index >= 15 is 0 Å². The van der Waals surface area contributed by atoms with Crippen molar-refractivity contribution in [3.8, 4) is 11.3 Å².